The van der Waals surface area contributed by atoms with Crippen LogP contribution in [0.15, 0.2) is 22.2 Å². The quantitative estimate of drug-likeness (QED) is 0.829. The highest BCUT2D eigenvalue weighted by molar-refractivity contribution is 9.10. The Morgan fingerprint density at radius 2 is 2.46 bits per heavy atom. The molecule has 0 atom stereocenters. The lowest BCUT2D eigenvalue weighted by Crippen LogP contribution is -1.93. The Bertz CT molecular complexity index is 407. The second kappa shape index (κ2) is 3.59. The van der Waals surface area contributed by atoms with E-state index in [2.05, 4.69) is 38.3 Å². The molecule has 2 aromatic rings. The fraction of sp³-hybridized carbons (Fsp3) is 0.250. The zero-order chi connectivity index (χ0) is 9.26. The lowest BCUT2D eigenvalue weighted by molar-refractivity contribution is 0.859. The van der Waals surface area contributed by atoms with Gasteiger partial charge in [-0.1, -0.05) is 6.92 Å². The summed E-state index contributed by atoms with van der Waals surface area (Å²) < 4.78 is 2.74. The molecular weight excluding hydrogens is 250 g/mol. The fourth-order valence-electron chi connectivity index (χ4n) is 0.969. The van der Waals surface area contributed by atoms with Crippen LogP contribution in [0.25, 0.3) is 5.13 Å². The summed E-state index contributed by atoms with van der Waals surface area (Å²) in [6, 6.07) is 0. The summed E-state index contributed by atoms with van der Waals surface area (Å²) in [6.45, 7) is 2.10. The van der Waals surface area contributed by atoms with Gasteiger partial charge in [-0.15, -0.1) is 11.3 Å². The topological polar surface area (TPSA) is 30.7 Å². The van der Waals surface area contributed by atoms with Crippen LogP contribution in [0, 0.1) is 0 Å². The van der Waals surface area contributed by atoms with E-state index < -0.39 is 0 Å². The predicted octanol–water partition coefficient (Wildman–Crippen LogP) is 2.65. The van der Waals surface area contributed by atoms with Crippen LogP contribution in [0.5, 0.6) is 0 Å². The van der Waals surface area contributed by atoms with Gasteiger partial charge in [-0.3, -0.25) is 0 Å². The van der Waals surface area contributed by atoms with E-state index >= 15 is 0 Å². The van der Waals surface area contributed by atoms with Crippen molar-refractivity contribution < 1.29 is 0 Å². The van der Waals surface area contributed by atoms with E-state index in [1.54, 1.807) is 22.2 Å². The minimum absolute atomic E-state index is 0.919. The zero-order valence-electron chi connectivity index (χ0n) is 7.07. The molecule has 5 heteroatoms. The van der Waals surface area contributed by atoms with Crippen molar-refractivity contribution in [3.63, 3.8) is 0 Å². The highest BCUT2D eigenvalue weighted by Crippen LogP contribution is 2.16. The summed E-state index contributed by atoms with van der Waals surface area (Å²) in [5.41, 5.74) is 1.12. The van der Waals surface area contributed by atoms with Crippen molar-refractivity contribution in [1.82, 2.24) is 14.8 Å². The minimum atomic E-state index is 0.919. The molecule has 0 spiro atoms. The van der Waals surface area contributed by atoms with Crippen LogP contribution in [0.4, 0.5) is 0 Å². The van der Waals surface area contributed by atoms with Crippen molar-refractivity contribution in [2.24, 2.45) is 0 Å². The van der Waals surface area contributed by atoms with Gasteiger partial charge in [0.15, 0.2) is 0 Å². The number of thiazole rings is 1. The number of aryl methyl sites for hydroxylation is 1. The molecule has 0 radical (unpaired) electrons. The maximum atomic E-state index is 4.41. The summed E-state index contributed by atoms with van der Waals surface area (Å²) >= 11 is 4.96. The third-order valence-electron chi connectivity index (χ3n) is 1.65. The van der Waals surface area contributed by atoms with Crippen LogP contribution >= 0.6 is 27.3 Å². The first-order valence-corrected chi connectivity index (χ1v) is 5.62. The van der Waals surface area contributed by atoms with Gasteiger partial charge < -0.3 is 0 Å². The number of rotatable bonds is 2. The second-order valence-electron chi connectivity index (χ2n) is 2.58. The van der Waals surface area contributed by atoms with Gasteiger partial charge in [0.25, 0.3) is 0 Å². The number of nitrogens with zero attached hydrogens (tertiary/aromatic N) is 3. The maximum absolute atomic E-state index is 4.41. The predicted molar refractivity (Wildman–Crippen MR) is 56.3 cm³/mol. The average molecular weight is 258 g/mol. The van der Waals surface area contributed by atoms with Gasteiger partial charge in [0.1, 0.15) is 0 Å². The summed E-state index contributed by atoms with van der Waals surface area (Å²) in [7, 11) is 0. The van der Waals surface area contributed by atoms with E-state index in [9.17, 15) is 0 Å². The van der Waals surface area contributed by atoms with E-state index in [1.807, 2.05) is 6.20 Å². The SMILES string of the molecule is CCc1csc(-n2cc(Br)cn2)n1. The van der Waals surface area contributed by atoms with Gasteiger partial charge in [0.05, 0.1) is 16.4 Å². The minimum Gasteiger partial charge on any atom is -0.223 e. The normalized spacial score (nSPS) is 10.6. The Morgan fingerprint density at radius 1 is 1.62 bits per heavy atom. The molecule has 2 aromatic heterocycles. The van der Waals surface area contributed by atoms with Gasteiger partial charge in [0, 0.05) is 11.6 Å². The molecule has 13 heavy (non-hydrogen) atoms. The van der Waals surface area contributed by atoms with Gasteiger partial charge in [-0.2, -0.15) is 5.10 Å². The van der Waals surface area contributed by atoms with Gasteiger partial charge in [-0.25, -0.2) is 9.67 Å². The number of hydrogen-bond donors (Lipinski definition) is 0. The summed E-state index contributed by atoms with van der Waals surface area (Å²) in [5.74, 6) is 0. The lowest BCUT2D eigenvalue weighted by atomic mass is 10.4. The molecular formula is C8H8BrN3S. The molecule has 0 N–H and O–H groups in total. The second-order valence-corrected chi connectivity index (χ2v) is 4.33. The van der Waals surface area contributed by atoms with Crippen molar-refractivity contribution in [2.45, 2.75) is 13.3 Å². The molecule has 0 aliphatic carbocycles. The van der Waals surface area contributed by atoms with E-state index in [0.29, 0.717) is 0 Å². The molecule has 0 aromatic carbocycles. The number of halogens is 1. The van der Waals surface area contributed by atoms with Gasteiger partial charge >= 0.3 is 0 Å². The molecule has 0 saturated carbocycles. The van der Waals surface area contributed by atoms with Crippen LogP contribution in [-0.2, 0) is 6.42 Å². The van der Waals surface area contributed by atoms with E-state index in [-0.39, 0.29) is 0 Å². The fourth-order valence-corrected chi connectivity index (χ4v) is 2.09. The Morgan fingerprint density at radius 3 is 3.00 bits per heavy atom. The van der Waals surface area contributed by atoms with Gasteiger partial charge in [-0.05, 0) is 22.4 Å². The smallest absolute Gasteiger partial charge is 0.210 e. The van der Waals surface area contributed by atoms with Gasteiger partial charge in [0.2, 0.25) is 5.13 Å². The summed E-state index contributed by atoms with van der Waals surface area (Å²) in [6.07, 6.45) is 4.63. The maximum Gasteiger partial charge on any atom is 0.210 e. The first-order chi connectivity index (χ1) is 6.29. The van der Waals surface area contributed by atoms with E-state index in [1.165, 1.54) is 0 Å². The first kappa shape index (κ1) is 8.90. The van der Waals surface area contributed by atoms with Crippen LogP contribution in [-0.4, -0.2) is 14.8 Å². The van der Waals surface area contributed by atoms with Crippen LogP contribution in [0.2, 0.25) is 0 Å². The third kappa shape index (κ3) is 1.81. The van der Waals surface area contributed by atoms with Crippen LogP contribution in [0.3, 0.4) is 0 Å². The molecule has 0 aliphatic heterocycles. The molecule has 68 valence electrons. The molecule has 0 saturated heterocycles. The molecule has 0 aliphatic rings. The number of aromatic nitrogens is 3. The zero-order valence-corrected chi connectivity index (χ0v) is 9.47. The highest BCUT2D eigenvalue weighted by Gasteiger charge is 2.03. The average Bonchev–Trinajstić information content (AvgIpc) is 2.71. The lowest BCUT2D eigenvalue weighted by Gasteiger charge is -1.91. The van der Waals surface area contributed by atoms with Crippen molar-refractivity contribution in [3.8, 4) is 5.13 Å². The molecule has 0 bridgehead atoms. The molecule has 0 amide bonds. The monoisotopic (exact) mass is 257 g/mol. The Balaban J connectivity index is 2.35. The Labute approximate surface area is 88.6 Å². The molecule has 0 fully saturated rings. The first-order valence-electron chi connectivity index (χ1n) is 3.94. The van der Waals surface area contributed by atoms with Crippen molar-refractivity contribution in [3.05, 3.63) is 27.9 Å². The van der Waals surface area contributed by atoms with Crippen LogP contribution < -0.4 is 0 Å². The Hall–Kier alpha value is -0.680. The van der Waals surface area contributed by atoms with Crippen molar-refractivity contribution in [1.29, 1.82) is 0 Å². The highest BCUT2D eigenvalue weighted by atomic mass is 79.9. The molecule has 2 heterocycles. The summed E-state index contributed by atoms with van der Waals surface area (Å²) in [4.78, 5) is 4.41. The standard InChI is InChI=1S/C8H8BrN3S/c1-2-7-5-13-8(11-7)12-4-6(9)3-10-12/h3-5H,2H2,1H3. The van der Waals surface area contributed by atoms with Crippen LogP contribution in [0.1, 0.15) is 12.6 Å². The van der Waals surface area contributed by atoms with E-state index in [0.717, 1.165) is 21.7 Å². The molecule has 2 rings (SSSR count). The van der Waals surface area contributed by atoms with E-state index in [4.69, 9.17) is 0 Å². The largest absolute Gasteiger partial charge is 0.223 e. The third-order valence-corrected chi connectivity index (χ3v) is 2.94. The molecule has 0 unspecified atom stereocenters. The number of hydrogen-bond acceptors (Lipinski definition) is 3. The van der Waals surface area contributed by atoms with Crippen molar-refractivity contribution in [2.75, 3.05) is 0 Å². The van der Waals surface area contributed by atoms with Crippen molar-refractivity contribution >= 4 is 27.3 Å². The molecule has 3 nitrogen and oxygen atoms in total. The Kier molecular flexibility index (Phi) is 2.46. The summed E-state index contributed by atoms with van der Waals surface area (Å²) in [5, 5.41) is 7.13.